The van der Waals surface area contributed by atoms with Gasteiger partial charge in [-0.1, -0.05) is 64.2 Å². The first-order valence-corrected chi connectivity index (χ1v) is 13.2. The molecule has 0 amide bonds. The summed E-state index contributed by atoms with van der Waals surface area (Å²) in [6.45, 7) is 6.03. The van der Waals surface area contributed by atoms with E-state index in [-0.39, 0.29) is 18.0 Å². The quantitative estimate of drug-likeness (QED) is 0.124. The number of nitrogens with zero attached hydrogens (tertiary/aromatic N) is 1. The number of hydrogen-bond acceptors (Lipinski definition) is 4. The first kappa shape index (κ1) is 28.3. The Bertz CT molecular complexity index is 1130. The summed E-state index contributed by atoms with van der Waals surface area (Å²) in [7, 11) is 0. The van der Waals surface area contributed by atoms with Gasteiger partial charge in [0, 0.05) is 23.4 Å². The number of carbonyl (C=O) groups is 1. The molecule has 0 aliphatic carbocycles. The fourth-order valence-corrected chi connectivity index (χ4v) is 3.97. The molecule has 0 saturated carbocycles. The van der Waals surface area contributed by atoms with Gasteiger partial charge in [-0.05, 0) is 62.1 Å². The van der Waals surface area contributed by atoms with Crippen LogP contribution in [-0.2, 0) is 4.79 Å². The topological polar surface area (TPSA) is 48.4 Å². The van der Waals surface area contributed by atoms with Crippen molar-refractivity contribution in [2.45, 2.75) is 77.8 Å². The number of ether oxygens (including phenoxy) is 2. The van der Waals surface area contributed by atoms with Crippen LogP contribution in [0.5, 0.6) is 11.5 Å². The van der Waals surface area contributed by atoms with E-state index in [0.717, 1.165) is 43.2 Å². The predicted octanol–water partition coefficient (Wildman–Crippen LogP) is 8.73. The normalized spacial score (nSPS) is 12.7. The number of carbonyl (C=O) groups excluding carboxylic acids is 1. The molecule has 4 nitrogen and oxygen atoms in total. The van der Waals surface area contributed by atoms with E-state index in [9.17, 15) is 13.6 Å². The van der Waals surface area contributed by atoms with Crippen molar-refractivity contribution in [3.63, 3.8) is 0 Å². The molecule has 0 radical (unpaired) electrons. The largest absolute Gasteiger partial charge is 0.493 e. The fourth-order valence-electron chi connectivity index (χ4n) is 3.97. The first-order valence-electron chi connectivity index (χ1n) is 13.2. The summed E-state index contributed by atoms with van der Waals surface area (Å²) in [6.07, 6.45) is 8.68. The highest BCUT2D eigenvalue weighted by molar-refractivity contribution is 5.81. The minimum atomic E-state index is -2.01. The monoisotopic (exact) mass is 509 g/mol. The number of aromatic nitrogens is 1. The molecule has 1 aromatic heterocycles. The zero-order valence-electron chi connectivity index (χ0n) is 22.1. The van der Waals surface area contributed by atoms with Gasteiger partial charge in [-0.2, -0.15) is 0 Å². The van der Waals surface area contributed by atoms with Crippen molar-refractivity contribution in [3.05, 3.63) is 66.6 Å². The second-order valence-electron chi connectivity index (χ2n) is 9.55. The molecule has 2 aromatic carbocycles. The number of benzene rings is 2. The smallest absolute Gasteiger partial charge is 0.348 e. The third-order valence-electron chi connectivity index (χ3n) is 6.32. The minimum Gasteiger partial charge on any atom is -0.493 e. The Morgan fingerprint density at radius 2 is 1.54 bits per heavy atom. The zero-order chi connectivity index (χ0) is 26.7. The maximum Gasteiger partial charge on any atom is 0.348 e. The van der Waals surface area contributed by atoms with Crippen LogP contribution in [0.2, 0.25) is 0 Å². The van der Waals surface area contributed by atoms with Gasteiger partial charge in [0.25, 0.3) is 0 Å². The number of rotatable bonds is 14. The lowest BCUT2D eigenvalue weighted by molar-refractivity contribution is -0.147. The number of halogens is 2. The second kappa shape index (κ2) is 13.9. The van der Waals surface area contributed by atoms with Gasteiger partial charge in [-0.15, -0.1) is 0 Å². The molecular formula is C31H37F2NO3. The number of hydrogen-bond donors (Lipinski definition) is 0. The summed E-state index contributed by atoms with van der Waals surface area (Å²) in [5.41, 5.74) is 0.579. The summed E-state index contributed by atoms with van der Waals surface area (Å²) in [4.78, 5) is 16.7. The van der Waals surface area contributed by atoms with Gasteiger partial charge in [-0.3, -0.25) is 4.98 Å². The molecule has 0 N–H and O–H groups in total. The SMILES string of the molecule is CCCCCCOc1ccc(-c2ccc(-c3ccc(OC(=O)C(C)(F)CCCCC)cc3)cn2)c(F)c1. The summed E-state index contributed by atoms with van der Waals surface area (Å²) in [6, 6.07) is 15.3. The van der Waals surface area contributed by atoms with Crippen molar-refractivity contribution < 1.29 is 23.0 Å². The minimum absolute atomic E-state index is 0.144. The third kappa shape index (κ3) is 8.38. The molecule has 0 aliphatic heterocycles. The zero-order valence-corrected chi connectivity index (χ0v) is 22.1. The summed E-state index contributed by atoms with van der Waals surface area (Å²) < 4.78 is 40.3. The van der Waals surface area contributed by atoms with Crippen molar-refractivity contribution >= 4 is 5.97 Å². The maximum atomic E-state index is 14.7. The second-order valence-corrected chi connectivity index (χ2v) is 9.55. The van der Waals surface area contributed by atoms with Gasteiger partial charge >= 0.3 is 5.97 Å². The van der Waals surface area contributed by atoms with Crippen LogP contribution in [0.1, 0.15) is 72.1 Å². The number of esters is 1. The van der Waals surface area contributed by atoms with Gasteiger partial charge in [0.1, 0.15) is 17.3 Å². The van der Waals surface area contributed by atoms with E-state index in [1.807, 2.05) is 13.0 Å². The Morgan fingerprint density at radius 1 is 0.865 bits per heavy atom. The summed E-state index contributed by atoms with van der Waals surface area (Å²) in [5.74, 6) is -0.457. The number of unbranched alkanes of at least 4 members (excludes halogenated alkanes) is 5. The molecule has 198 valence electrons. The Morgan fingerprint density at radius 3 is 2.19 bits per heavy atom. The average Bonchev–Trinajstić information content (AvgIpc) is 2.89. The molecule has 6 heteroatoms. The standard InChI is InChI=1S/C31H37F2NO3/c1-4-6-8-10-20-36-26-16-17-27(28(32)21-26)29-18-13-24(22-34-29)23-11-14-25(15-12-23)37-30(35)31(3,33)19-9-7-5-2/h11-18,21-22H,4-10,19-20H2,1-3H3. The number of alkyl halides is 1. The molecule has 1 unspecified atom stereocenters. The van der Waals surface area contributed by atoms with Crippen LogP contribution in [0.25, 0.3) is 22.4 Å². The summed E-state index contributed by atoms with van der Waals surface area (Å²) in [5, 5.41) is 0. The third-order valence-corrected chi connectivity index (χ3v) is 6.32. The van der Waals surface area contributed by atoms with E-state index < -0.39 is 11.6 Å². The van der Waals surface area contributed by atoms with Gasteiger partial charge in [0.05, 0.1) is 12.3 Å². The molecule has 37 heavy (non-hydrogen) atoms. The van der Waals surface area contributed by atoms with Gasteiger partial charge in [-0.25, -0.2) is 13.6 Å². The molecule has 0 bridgehead atoms. The Labute approximate surface area is 219 Å². The van der Waals surface area contributed by atoms with Crippen LogP contribution in [0.4, 0.5) is 8.78 Å². The lowest BCUT2D eigenvalue weighted by atomic mass is 10.0. The molecule has 0 aliphatic rings. The van der Waals surface area contributed by atoms with Gasteiger partial charge in [0.15, 0.2) is 0 Å². The predicted molar refractivity (Wildman–Crippen MR) is 144 cm³/mol. The van der Waals surface area contributed by atoms with Crippen molar-refractivity contribution in [1.82, 2.24) is 4.98 Å². The van der Waals surface area contributed by atoms with Crippen LogP contribution < -0.4 is 9.47 Å². The van der Waals surface area contributed by atoms with E-state index in [1.165, 1.54) is 19.4 Å². The molecule has 3 aromatic rings. The van der Waals surface area contributed by atoms with Crippen molar-refractivity contribution in [1.29, 1.82) is 0 Å². The fraction of sp³-hybridized carbons (Fsp3) is 0.419. The Hall–Kier alpha value is -3.28. The highest BCUT2D eigenvalue weighted by Gasteiger charge is 2.34. The highest BCUT2D eigenvalue weighted by atomic mass is 19.1. The molecule has 1 atom stereocenters. The van der Waals surface area contributed by atoms with Crippen LogP contribution in [0, 0.1) is 5.82 Å². The molecule has 0 spiro atoms. The van der Waals surface area contributed by atoms with E-state index in [1.54, 1.807) is 48.7 Å². The Balaban J connectivity index is 1.60. The van der Waals surface area contributed by atoms with E-state index >= 15 is 0 Å². The van der Waals surface area contributed by atoms with Crippen LogP contribution in [0.3, 0.4) is 0 Å². The van der Waals surface area contributed by atoms with Crippen molar-refractivity contribution in [3.8, 4) is 33.9 Å². The molecule has 0 saturated heterocycles. The molecular weight excluding hydrogens is 472 g/mol. The van der Waals surface area contributed by atoms with E-state index in [0.29, 0.717) is 30.0 Å². The first-order chi connectivity index (χ1) is 17.8. The van der Waals surface area contributed by atoms with Gasteiger partial charge in [0.2, 0.25) is 5.67 Å². The van der Waals surface area contributed by atoms with Crippen LogP contribution in [-0.4, -0.2) is 23.2 Å². The van der Waals surface area contributed by atoms with Crippen molar-refractivity contribution in [2.75, 3.05) is 6.61 Å². The lowest BCUT2D eigenvalue weighted by Gasteiger charge is -2.18. The molecule has 0 fully saturated rings. The lowest BCUT2D eigenvalue weighted by Crippen LogP contribution is -2.34. The molecule has 1 heterocycles. The number of pyridine rings is 1. The summed E-state index contributed by atoms with van der Waals surface area (Å²) >= 11 is 0. The highest BCUT2D eigenvalue weighted by Crippen LogP contribution is 2.29. The average molecular weight is 510 g/mol. The van der Waals surface area contributed by atoms with E-state index in [4.69, 9.17) is 9.47 Å². The van der Waals surface area contributed by atoms with Crippen molar-refractivity contribution in [2.24, 2.45) is 0 Å². The van der Waals surface area contributed by atoms with Gasteiger partial charge < -0.3 is 9.47 Å². The maximum absolute atomic E-state index is 14.7. The Kier molecular flexibility index (Phi) is 10.6. The van der Waals surface area contributed by atoms with Crippen LogP contribution >= 0.6 is 0 Å². The van der Waals surface area contributed by atoms with Crippen LogP contribution in [0.15, 0.2) is 60.8 Å². The van der Waals surface area contributed by atoms with E-state index in [2.05, 4.69) is 11.9 Å². The molecule has 3 rings (SSSR count).